The Hall–Kier alpha value is -4.85. The Labute approximate surface area is 292 Å². The number of ether oxygens (including phenoxy) is 2. The van der Waals surface area contributed by atoms with Gasteiger partial charge in [0.25, 0.3) is 0 Å². The number of amides is 2. The average molecular weight is 709 g/mol. The van der Waals surface area contributed by atoms with E-state index in [9.17, 15) is 24.0 Å². The fourth-order valence-corrected chi connectivity index (χ4v) is 7.04. The highest BCUT2D eigenvalue weighted by Gasteiger charge is 2.24. The third kappa shape index (κ3) is 9.40. The summed E-state index contributed by atoms with van der Waals surface area (Å²) in [5, 5.41) is 18.2. The third-order valence-electron chi connectivity index (χ3n) is 7.39. The summed E-state index contributed by atoms with van der Waals surface area (Å²) >= 11 is 2.69. The summed E-state index contributed by atoms with van der Waals surface area (Å²) in [6.45, 7) is 8.94. The first-order valence-corrected chi connectivity index (χ1v) is 16.8. The van der Waals surface area contributed by atoms with Crippen molar-refractivity contribution in [3.63, 3.8) is 0 Å². The summed E-state index contributed by atoms with van der Waals surface area (Å²) in [6, 6.07) is 13.9. The van der Waals surface area contributed by atoms with E-state index in [0.29, 0.717) is 61.5 Å². The smallest absolute Gasteiger partial charge is 0.338 e. The Bertz CT molecular complexity index is 1880. The van der Waals surface area contributed by atoms with Crippen LogP contribution in [-0.4, -0.2) is 60.3 Å². The maximum Gasteiger partial charge on any atom is 0.338 e. The van der Waals surface area contributed by atoms with Gasteiger partial charge < -0.3 is 31.2 Å². The topological polar surface area (TPSA) is 196 Å². The largest absolute Gasteiger partial charge is 0.478 e. The monoisotopic (exact) mass is 708 g/mol. The molecule has 0 saturated heterocycles. The van der Waals surface area contributed by atoms with Gasteiger partial charge in [-0.25, -0.2) is 9.59 Å². The minimum absolute atomic E-state index is 0.0897. The van der Waals surface area contributed by atoms with Crippen LogP contribution in [0.5, 0.6) is 0 Å². The highest BCUT2D eigenvalue weighted by Crippen LogP contribution is 2.36. The van der Waals surface area contributed by atoms with E-state index < -0.39 is 29.2 Å². The molecule has 2 aromatic carbocycles. The molecule has 0 atom stereocenters. The van der Waals surface area contributed by atoms with Gasteiger partial charge in [0, 0.05) is 43.7 Å². The molecule has 0 aliphatic carbocycles. The molecule has 0 spiro atoms. The lowest BCUT2D eigenvalue weighted by atomic mass is 9.96. The maximum absolute atomic E-state index is 12.2. The zero-order valence-corrected chi connectivity index (χ0v) is 29.8. The molecule has 0 bridgehead atoms. The van der Waals surface area contributed by atoms with Gasteiger partial charge >= 0.3 is 17.9 Å². The van der Waals surface area contributed by atoms with Crippen molar-refractivity contribution in [1.29, 1.82) is 0 Å². The van der Waals surface area contributed by atoms with Crippen LogP contribution in [0.15, 0.2) is 48.5 Å². The van der Waals surface area contributed by atoms with Crippen molar-refractivity contribution in [2.24, 2.45) is 16.9 Å². The van der Waals surface area contributed by atoms with E-state index in [1.165, 1.54) is 29.8 Å². The summed E-state index contributed by atoms with van der Waals surface area (Å²) in [5.41, 5.74) is 14.5. The van der Waals surface area contributed by atoms with Gasteiger partial charge in [-0.15, -0.1) is 22.7 Å². The number of nitrogens with two attached hydrogens (primary N) is 2. The number of primary amides is 2. The molecule has 11 nitrogen and oxygen atoms in total. The number of rotatable bonds is 11. The van der Waals surface area contributed by atoms with E-state index in [1.807, 2.05) is 13.0 Å². The average Bonchev–Trinajstić information content (AvgIpc) is 3.62. The first kappa shape index (κ1) is 38.6. The quantitative estimate of drug-likeness (QED) is 0.139. The predicted octanol–water partition coefficient (Wildman–Crippen LogP) is 5.80. The number of carbonyl (C=O) groups is 5. The normalized spacial score (nSPS) is 10.9. The van der Waals surface area contributed by atoms with Crippen molar-refractivity contribution in [1.82, 2.24) is 0 Å². The van der Waals surface area contributed by atoms with Crippen molar-refractivity contribution in [2.45, 2.75) is 47.5 Å². The first-order chi connectivity index (χ1) is 23.0. The summed E-state index contributed by atoms with van der Waals surface area (Å²) in [5.74, 6) is -2.88. The first-order valence-electron chi connectivity index (χ1n) is 15.2. The summed E-state index contributed by atoms with van der Waals surface area (Å²) < 4.78 is 10.1. The molecule has 0 saturated carbocycles. The minimum atomic E-state index is -0.998. The van der Waals surface area contributed by atoms with E-state index in [4.69, 9.17) is 31.2 Å². The molecule has 2 amide bonds. The van der Waals surface area contributed by atoms with Gasteiger partial charge in [-0.1, -0.05) is 36.4 Å². The van der Waals surface area contributed by atoms with Crippen LogP contribution in [0.25, 0.3) is 20.9 Å². The molecule has 0 aliphatic rings. The number of aliphatic hydroxyl groups excluding tert-OH is 1. The molecule has 260 valence electrons. The van der Waals surface area contributed by atoms with Gasteiger partial charge in [-0.3, -0.25) is 14.4 Å². The Morgan fingerprint density at radius 3 is 1.65 bits per heavy atom. The standard InChI is InChI=1S/C21H25NO5S.C15H15NO4S/c1-12-15(19(24)26-5)11-16(28-12)14-8-6-7-13(17(14)18(22)23)9-10-27-20(25)21(2,3)4;1-8-11(15(19)20)7-12(21-8)10-4-2-3-9(5-6-17)13(10)14(16)18/h6-8,11H,9-10H2,1-5H3,(H2,22,23);2-4,7,17H,5-6H2,1H3,(H2,16,18)(H,19,20). The Morgan fingerprint density at radius 2 is 1.24 bits per heavy atom. The zero-order valence-electron chi connectivity index (χ0n) is 28.2. The number of hydrogen-bond acceptors (Lipinski definition) is 10. The van der Waals surface area contributed by atoms with Crippen molar-refractivity contribution in [3.05, 3.63) is 91.7 Å². The molecular formula is C36H40N2O9S2. The van der Waals surface area contributed by atoms with Crippen LogP contribution in [0.4, 0.5) is 0 Å². The van der Waals surface area contributed by atoms with E-state index in [0.717, 1.165) is 9.75 Å². The van der Waals surface area contributed by atoms with Gasteiger partial charge in [0.2, 0.25) is 11.8 Å². The van der Waals surface area contributed by atoms with E-state index in [2.05, 4.69) is 0 Å². The van der Waals surface area contributed by atoms with Crippen molar-refractivity contribution >= 4 is 52.4 Å². The molecule has 2 aromatic heterocycles. The van der Waals surface area contributed by atoms with Crippen LogP contribution >= 0.6 is 22.7 Å². The van der Waals surface area contributed by atoms with Crippen LogP contribution in [0.2, 0.25) is 0 Å². The summed E-state index contributed by atoms with van der Waals surface area (Å²) in [7, 11) is 1.33. The molecule has 2 heterocycles. The maximum atomic E-state index is 12.2. The fraction of sp³-hybridized carbons (Fsp3) is 0.306. The fourth-order valence-electron chi connectivity index (χ4n) is 4.95. The molecular weight excluding hydrogens is 669 g/mol. The molecule has 4 rings (SSSR count). The summed E-state index contributed by atoms with van der Waals surface area (Å²) in [6.07, 6.45) is 0.685. The number of carboxylic acids is 1. The van der Waals surface area contributed by atoms with Gasteiger partial charge in [0.1, 0.15) is 0 Å². The van der Waals surface area contributed by atoms with Crippen molar-refractivity contribution in [3.8, 4) is 20.9 Å². The highest BCUT2D eigenvalue weighted by molar-refractivity contribution is 7.16. The van der Waals surface area contributed by atoms with Crippen molar-refractivity contribution in [2.75, 3.05) is 20.3 Å². The third-order valence-corrected chi connectivity index (χ3v) is 9.56. The molecule has 0 aliphatic heterocycles. The molecule has 4 aromatic rings. The number of benzene rings is 2. The molecule has 13 heteroatoms. The van der Waals surface area contributed by atoms with Gasteiger partial charge in [0.15, 0.2) is 0 Å². The zero-order chi connectivity index (χ0) is 36.6. The second-order valence-electron chi connectivity index (χ2n) is 12.0. The number of carboxylic acid groups (broad SMARTS) is 1. The Balaban J connectivity index is 0.000000276. The molecule has 0 unspecified atom stereocenters. The van der Waals surface area contributed by atoms with Crippen molar-refractivity contribution < 1.29 is 43.7 Å². The number of esters is 2. The van der Waals surface area contributed by atoms with E-state index in [-0.39, 0.29) is 24.7 Å². The minimum Gasteiger partial charge on any atom is -0.478 e. The van der Waals surface area contributed by atoms with E-state index in [1.54, 1.807) is 70.2 Å². The lowest BCUT2D eigenvalue weighted by Crippen LogP contribution is -2.24. The molecule has 0 radical (unpaired) electrons. The lowest BCUT2D eigenvalue weighted by molar-refractivity contribution is -0.152. The second-order valence-corrected chi connectivity index (χ2v) is 14.5. The lowest BCUT2D eigenvalue weighted by Gasteiger charge is -2.17. The number of aromatic carboxylic acids is 1. The van der Waals surface area contributed by atoms with Crippen LogP contribution in [-0.2, 0) is 27.1 Å². The number of aliphatic hydroxyl groups is 1. The molecule has 0 fully saturated rings. The number of aryl methyl sites for hydroxylation is 2. The van der Waals surface area contributed by atoms with Crippen LogP contribution in [0.1, 0.15) is 83.1 Å². The predicted molar refractivity (Wildman–Crippen MR) is 189 cm³/mol. The molecule has 49 heavy (non-hydrogen) atoms. The Kier molecular flexibility index (Phi) is 13.0. The highest BCUT2D eigenvalue weighted by atomic mass is 32.1. The van der Waals surface area contributed by atoms with Crippen LogP contribution in [0, 0.1) is 19.3 Å². The Morgan fingerprint density at radius 1 is 0.776 bits per heavy atom. The number of hydrogen-bond donors (Lipinski definition) is 4. The second kappa shape index (κ2) is 16.5. The SMILES string of the molecule is COC(=O)c1cc(-c2cccc(CCOC(=O)C(C)(C)C)c2C(N)=O)sc1C.Cc1sc(-c2cccc(CCO)c2C(N)=O)cc1C(=O)O. The summed E-state index contributed by atoms with van der Waals surface area (Å²) in [4.78, 5) is 61.8. The van der Waals surface area contributed by atoms with Gasteiger partial charge in [0.05, 0.1) is 41.4 Å². The number of methoxy groups -OCH3 is 1. The van der Waals surface area contributed by atoms with Crippen LogP contribution in [0.3, 0.4) is 0 Å². The van der Waals surface area contributed by atoms with E-state index >= 15 is 0 Å². The molecule has 6 N–H and O–H groups in total. The van der Waals surface area contributed by atoms with Crippen LogP contribution < -0.4 is 11.5 Å². The number of thiophene rings is 2. The number of carbonyl (C=O) groups excluding carboxylic acids is 4. The van der Waals surface area contributed by atoms with Gasteiger partial charge in [-0.2, -0.15) is 0 Å². The van der Waals surface area contributed by atoms with Gasteiger partial charge in [-0.05, 0) is 64.3 Å².